The van der Waals surface area contributed by atoms with Gasteiger partial charge in [-0.15, -0.1) is 11.3 Å². The van der Waals surface area contributed by atoms with Crippen molar-refractivity contribution < 1.29 is 8.42 Å². The van der Waals surface area contributed by atoms with E-state index >= 15 is 0 Å². The monoisotopic (exact) mass is 332 g/mol. The molecule has 1 unspecified atom stereocenters. The second-order valence-corrected chi connectivity index (χ2v) is 9.90. The van der Waals surface area contributed by atoms with Crippen molar-refractivity contribution in [2.24, 2.45) is 5.41 Å². The maximum atomic E-state index is 12.5. The summed E-state index contributed by atoms with van der Waals surface area (Å²) in [4.78, 5) is 2.29. The van der Waals surface area contributed by atoms with Gasteiger partial charge in [0.05, 0.1) is 4.90 Å². The summed E-state index contributed by atoms with van der Waals surface area (Å²) in [6, 6.07) is 2.04. The van der Waals surface area contributed by atoms with Crippen molar-refractivity contribution in [3.05, 3.63) is 15.8 Å². The summed E-state index contributed by atoms with van der Waals surface area (Å²) >= 11 is 1.54. The number of thiophene rings is 1. The minimum atomic E-state index is -3.46. The fourth-order valence-electron chi connectivity index (χ4n) is 1.66. The third kappa shape index (κ3) is 5.36. The summed E-state index contributed by atoms with van der Waals surface area (Å²) in [7, 11) is -3.46. The molecule has 0 aliphatic carbocycles. The number of hydrogen-bond acceptors (Lipinski definition) is 4. The Balaban J connectivity index is 2.94. The molecule has 6 heteroatoms. The number of rotatable bonds is 6. The van der Waals surface area contributed by atoms with E-state index in [1.54, 1.807) is 6.07 Å². The van der Waals surface area contributed by atoms with Crippen LogP contribution in [0.3, 0.4) is 0 Å². The highest BCUT2D eigenvalue weighted by Crippen LogP contribution is 2.27. The van der Waals surface area contributed by atoms with Gasteiger partial charge in [0, 0.05) is 28.4 Å². The first kappa shape index (κ1) is 18.6. The molecular formula is C15H28N2O2S2. The van der Waals surface area contributed by atoms with E-state index in [1.165, 1.54) is 11.3 Å². The molecule has 21 heavy (non-hydrogen) atoms. The highest BCUT2D eigenvalue weighted by Gasteiger charge is 2.27. The minimum Gasteiger partial charge on any atom is -0.310 e. The molecule has 0 aliphatic heterocycles. The normalized spacial score (nSPS) is 14.7. The minimum absolute atomic E-state index is 0.112. The molecule has 1 heterocycles. The SMILES string of the molecule is Cc1sc(CNC(C)C)cc1S(=O)(=O)NC(C)C(C)(C)C. The first-order valence-corrected chi connectivity index (χ1v) is 9.58. The third-order valence-electron chi connectivity index (χ3n) is 3.53. The second kappa shape index (κ2) is 6.77. The van der Waals surface area contributed by atoms with Crippen molar-refractivity contribution in [3.63, 3.8) is 0 Å². The third-order valence-corrected chi connectivity index (χ3v) is 6.37. The fourth-order valence-corrected chi connectivity index (χ4v) is 4.69. The molecule has 1 atom stereocenters. The quantitative estimate of drug-likeness (QED) is 0.840. The molecule has 4 nitrogen and oxygen atoms in total. The molecule has 2 N–H and O–H groups in total. The lowest BCUT2D eigenvalue weighted by Crippen LogP contribution is -2.41. The van der Waals surface area contributed by atoms with E-state index in [9.17, 15) is 8.42 Å². The predicted molar refractivity (Wildman–Crippen MR) is 90.3 cm³/mol. The van der Waals surface area contributed by atoms with Crippen molar-refractivity contribution in [1.29, 1.82) is 0 Å². The summed E-state index contributed by atoms with van der Waals surface area (Å²) in [5.74, 6) is 0. The summed E-state index contributed by atoms with van der Waals surface area (Å²) in [5, 5.41) is 3.31. The Kier molecular flexibility index (Phi) is 6.00. The van der Waals surface area contributed by atoms with Gasteiger partial charge in [0.1, 0.15) is 0 Å². The van der Waals surface area contributed by atoms with Gasteiger partial charge in [0.2, 0.25) is 10.0 Å². The second-order valence-electron chi connectivity index (χ2n) is 6.88. The van der Waals surface area contributed by atoms with Crippen LogP contribution < -0.4 is 10.0 Å². The summed E-state index contributed by atoms with van der Waals surface area (Å²) < 4.78 is 27.9. The molecule has 0 spiro atoms. The average Bonchev–Trinajstić information content (AvgIpc) is 2.67. The van der Waals surface area contributed by atoms with Gasteiger partial charge in [-0.2, -0.15) is 0 Å². The fraction of sp³-hybridized carbons (Fsp3) is 0.733. The Morgan fingerprint density at radius 2 is 1.81 bits per heavy atom. The molecule has 0 saturated heterocycles. The topological polar surface area (TPSA) is 58.2 Å². The number of hydrogen-bond donors (Lipinski definition) is 2. The highest BCUT2D eigenvalue weighted by atomic mass is 32.2. The smallest absolute Gasteiger partial charge is 0.241 e. The van der Waals surface area contributed by atoms with Gasteiger partial charge in [-0.25, -0.2) is 13.1 Å². The zero-order valence-corrected chi connectivity index (χ0v) is 15.7. The van der Waals surface area contributed by atoms with Gasteiger partial charge in [-0.05, 0) is 25.3 Å². The predicted octanol–water partition coefficient (Wildman–Crippen LogP) is 3.27. The van der Waals surface area contributed by atoms with E-state index in [1.807, 2.05) is 34.6 Å². The van der Waals surface area contributed by atoms with Crippen LogP contribution in [0, 0.1) is 12.3 Å². The zero-order valence-electron chi connectivity index (χ0n) is 14.1. The van der Waals surface area contributed by atoms with Crippen LogP contribution in [-0.4, -0.2) is 20.5 Å². The molecule has 0 fully saturated rings. The van der Waals surface area contributed by atoms with Crippen molar-refractivity contribution in [2.45, 2.75) is 72.0 Å². The molecular weight excluding hydrogens is 304 g/mol. The van der Waals surface area contributed by atoms with Gasteiger partial charge in [-0.3, -0.25) is 0 Å². The lowest BCUT2D eigenvalue weighted by molar-refractivity contribution is 0.317. The Morgan fingerprint density at radius 3 is 2.29 bits per heavy atom. The molecule has 0 aromatic carbocycles. The number of sulfonamides is 1. The first-order valence-electron chi connectivity index (χ1n) is 7.28. The van der Waals surface area contributed by atoms with Gasteiger partial charge < -0.3 is 5.32 Å². The van der Waals surface area contributed by atoms with Gasteiger partial charge in [0.25, 0.3) is 0 Å². The molecule has 122 valence electrons. The first-order chi connectivity index (χ1) is 9.43. The van der Waals surface area contributed by atoms with E-state index in [-0.39, 0.29) is 11.5 Å². The highest BCUT2D eigenvalue weighted by molar-refractivity contribution is 7.89. The molecule has 0 saturated carbocycles. The molecule has 1 rings (SSSR count). The number of nitrogens with one attached hydrogen (secondary N) is 2. The van der Waals surface area contributed by atoms with E-state index < -0.39 is 10.0 Å². The maximum Gasteiger partial charge on any atom is 0.241 e. The Bertz CT molecular complexity index is 569. The largest absolute Gasteiger partial charge is 0.310 e. The Hall–Kier alpha value is -0.430. The van der Waals surface area contributed by atoms with Crippen molar-refractivity contribution in [2.75, 3.05) is 0 Å². The van der Waals surface area contributed by atoms with Crippen LogP contribution in [0.4, 0.5) is 0 Å². The van der Waals surface area contributed by atoms with E-state index in [2.05, 4.69) is 23.9 Å². The van der Waals surface area contributed by atoms with E-state index in [4.69, 9.17) is 0 Å². The molecule has 0 radical (unpaired) electrons. The average molecular weight is 333 g/mol. The van der Waals surface area contributed by atoms with Crippen LogP contribution in [0.15, 0.2) is 11.0 Å². The summed E-state index contributed by atoms with van der Waals surface area (Å²) in [5.41, 5.74) is -0.112. The molecule has 0 bridgehead atoms. The van der Waals surface area contributed by atoms with Crippen LogP contribution in [0.1, 0.15) is 51.3 Å². The van der Waals surface area contributed by atoms with E-state index in [0.717, 1.165) is 9.75 Å². The molecule has 1 aromatic rings. The van der Waals surface area contributed by atoms with Gasteiger partial charge >= 0.3 is 0 Å². The standard InChI is InChI=1S/C15H28N2O2S2/c1-10(2)16-9-13-8-14(11(3)20-13)21(18,19)17-12(4)15(5,6)7/h8,10,12,16-17H,9H2,1-7H3. The van der Waals surface area contributed by atoms with Gasteiger partial charge in [0.15, 0.2) is 0 Å². The molecule has 0 amide bonds. The summed E-state index contributed by atoms with van der Waals surface area (Å²) in [6.45, 7) is 14.7. The van der Waals surface area contributed by atoms with Crippen LogP contribution in [0.25, 0.3) is 0 Å². The van der Waals surface area contributed by atoms with Crippen LogP contribution in [0.2, 0.25) is 0 Å². The lowest BCUT2D eigenvalue weighted by atomic mass is 9.89. The van der Waals surface area contributed by atoms with Crippen molar-refractivity contribution in [3.8, 4) is 0 Å². The lowest BCUT2D eigenvalue weighted by Gasteiger charge is -2.27. The van der Waals surface area contributed by atoms with E-state index in [0.29, 0.717) is 17.5 Å². The zero-order chi connectivity index (χ0) is 16.4. The van der Waals surface area contributed by atoms with Gasteiger partial charge in [-0.1, -0.05) is 34.6 Å². The maximum absolute atomic E-state index is 12.5. The summed E-state index contributed by atoms with van der Waals surface area (Å²) in [6.07, 6.45) is 0. The van der Waals surface area contributed by atoms with Crippen molar-refractivity contribution in [1.82, 2.24) is 10.0 Å². The van der Waals surface area contributed by atoms with Crippen LogP contribution in [-0.2, 0) is 16.6 Å². The Labute approximate surface area is 133 Å². The van der Waals surface area contributed by atoms with Crippen molar-refractivity contribution >= 4 is 21.4 Å². The molecule has 1 aromatic heterocycles. The van der Waals surface area contributed by atoms with Crippen LogP contribution in [0.5, 0.6) is 0 Å². The van der Waals surface area contributed by atoms with Crippen LogP contribution >= 0.6 is 11.3 Å². The molecule has 0 aliphatic rings. The number of aryl methyl sites for hydroxylation is 1. The Morgan fingerprint density at radius 1 is 1.24 bits per heavy atom.